The fraction of sp³-hybridized carbons (Fsp3) is 0.333. The lowest BCUT2D eigenvalue weighted by Crippen LogP contribution is -2.78. The molecule has 29 heavy (non-hydrogen) atoms. The standard InChI is InChI=1S/C21H19ClF2N2O3/c22-16-5-4-15(7-17(16)24)29-9-18(27)26-21-10-20(11-21,12-21)19(28)25-8-13-2-1-3-14(23)6-13/h1-7H,8-12H2,(H,25,28)(H,26,27). The average molecular weight is 421 g/mol. The summed E-state index contributed by atoms with van der Waals surface area (Å²) in [6.07, 6.45) is 1.70. The van der Waals surface area contributed by atoms with Crippen molar-refractivity contribution in [3.63, 3.8) is 0 Å². The van der Waals surface area contributed by atoms with Crippen molar-refractivity contribution in [2.24, 2.45) is 5.41 Å². The van der Waals surface area contributed by atoms with Gasteiger partial charge in [0.25, 0.3) is 5.91 Å². The van der Waals surface area contributed by atoms with Gasteiger partial charge in [0.05, 0.1) is 10.4 Å². The molecule has 2 bridgehead atoms. The van der Waals surface area contributed by atoms with Gasteiger partial charge in [0, 0.05) is 18.2 Å². The van der Waals surface area contributed by atoms with E-state index in [-0.39, 0.29) is 47.1 Å². The number of carbonyl (C=O) groups is 2. The number of hydrogen-bond acceptors (Lipinski definition) is 3. The van der Waals surface area contributed by atoms with Gasteiger partial charge in [-0.05, 0) is 49.1 Å². The van der Waals surface area contributed by atoms with Gasteiger partial charge in [0.15, 0.2) is 6.61 Å². The first kappa shape index (κ1) is 19.6. The highest BCUT2D eigenvalue weighted by molar-refractivity contribution is 6.30. The lowest BCUT2D eigenvalue weighted by Gasteiger charge is -2.69. The van der Waals surface area contributed by atoms with Crippen LogP contribution >= 0.6 is 11.6 Å². The van der Waals surface area contributed by atoms with Crippen molar-refractivity contribution >= 4 is 23.4 Å². The molecule has 0 aromatic heterocycles. The largest absolute Gasteiger partial charge is 0.484 e. The zero-order valence-corrected chi connectivity index (χ0v) is 16.2. The Balaban J connectivity index is 1.21. The molecule has 0 saturated heterocycles. The monoisotopic (exact) mass is 420 g/mol. The topological polar surface area (TPSA) is 67.4 Å². The number of nitrogens with one attached hydrogen (secondary N) is 2. The molecule has 0 atom stereocenters. The first-order chi connectivity index (χ1) is 13.8. The van der Waals surface area contributed by atoms with Crippen LogP contribution in [0.3, 0.4) is 0 Å². The molecule has 0 aliphatic heterocycles. The van der Waals surface area contributed by atoms with Crippen molar-refractivity contribution in [2.45, 2.75) is 31.3 Å². The Kier molecular flexibility index (Phi) is 4.94. The summed E-state index contributed by atoms with van der Waals surface area (Å²) in [5.41, 5.74) is -0.133. The van der Waals surface area contributed by atoms with E-state index >= 15 is 0 Å². The number of halogens is 3. The zero-order valence-electron chi connectivity index (χ0n) is 15.4. The Labute approximate surface area is 171 Å². The van der Waals surface area contributed by atoms with Crippen molar-refractivity contribution in [3.05, 3.63) is 64.7 Å². The van der Waals surface area contributed by atoms with E-state index in [1.807, 2.05) is 0 Å². The summed E-state index contributed by atoms with van der Waals surface area (Å²) in [6.45, 7) is 0.0186. The average Bonchev–Trinajstić information content (AvgIpc) is 2.62. The number of ether oxygens (including phenoxy) is 1. The Morgan fingerprint density at radius 1 is 1.10 bits per heavy atom. The molecular formula is C21H19ClF2N2O3. The van der Waals surface area contributed by atoms with Crippen molar-refractivity contribution in [3.8, 4) is 5.75 Å². The van der Waals surface area contributed by atoms with Gasteiger partial charge < -0.3 is 15.4 Å². The Hall–Kier alpha value is -2.67. The second kappa shape index (κ2) is 7.30. The maximum Gasteiger partial charge on any atom is 0.258 e. The molecule has 152 valence electrons. The van der Waals surface area contributed by atoms with Crippen LogP contribution in [0.25, 0.3) is 0 Å². The minimum atomic E-state index is -0.616. The van der Waals surface area contributed by atoms with Gasteiger partial charge in [0.2, 0.25) is 5.91 Å². The minimum Gasteiger partial charge on any atom is -0.484 e. The highest BCUT2D eigenvalue weighted by Crippen LogP contribution is 2.67. The third kappa shape index (κ3) is 3.92. The molecule has 2 aromatic carbocycles. The van der Waals surface area contributed by atoms with Crippen LogP contribution < -0.4 is 15.4 Å². The van der Waals surface area contributed by atoms with Crippen LogP contribution in [-0.4, -0.2) is 24.0 Å². The van der Waals surface area contributed by atoms with Gasteiger partial charge in [-0.25, -0.2) is 8.78 Å². The molecule has 5 nitrogen and oxygen atoms in total. The lowest BCUT2D eigenvalue weighted by molar-refractivity contribution is -0.184. The summed E-state index contributed by atoms with van der Waals surface area (Å²) in [4.78, 5) is 24.6. The quantitative estimate of drug-likeness (QED) is 0.721. The maximum absolute atomic E-state index is 13.4. The normalized spacial score (nSPS) is 24.1. The third-order valence-electron chi connectivity index (χ3n) is 5.52. The van der Waals surface area contributed by atoms with Crippen LogP contribution in [-0.2, 0) is 16.1 Å². The molecule has 0 heterocycles. The highest BCUT2D eigenvalue weighted by Gasteiger charge is 2.72. The Morgan fingerprint density at radius 2 is 1.86 bits per heavy atom. The number of benzene rings is 2. The van der Waals surface area contributed by atoms with E-state index in [1.165, 1.54) is 24.3 Å². The summed E-state index contributed by atoms with van der Waals surface area (Å²) in [5.74, 6) is -1.14. The predicted octanol–water partition coefficient (Wildman–Crippen LogP) is 3.35. The van der Waals surface area contributed by atoms with E-state index in [4.69, 9.17) is 16.3 Å². The zero-order chi connectivity index (χ0) is 20.6. The smallest absolute Gasteiger partial charge is 0.258 e. The number of carbonyl (C=O) groups excluding carboxylic acids is 2. The van der Waals surface area contributed by atoms with Crippen LogP contribution in [0.5, 0.6) is 5.75 Å². The van der Waals surface area contributed by atoms with Crippen LogP contribution in [0.4, 0.5) is 8.78 Å². The van der Waals surface area contributed by atoms with Crippen molar-refractivity contribution < 1.29 is 23.1 Å². The summed E-state index contributed by atoms with van der Waals surface area (Å²) >= 11 is 5.61. The minimum absolute atomic E-state index is 0.0170. The van der Waals surface area contributed by atoms with Gasteiger partial charge >= 0.3 is 0 Å². The number of amides is 2. The van der Waals surface area contributed by atoms with Crippen LogP contribution in [0.15, 0.2) is 42.5 Å². The molecule has 3 fully saturated rings. The molecule has 2 N–H and O–H groups in total. The van der Waals surface area contributed by atoms with Gasteiger partial charge in [0.1, 0.15) is 17.4 Å². The van der Waals surface area contributed by atoms with E-state index < -0.39 is 11.2 Å². The van der Waals surface area contributed by atoms with E-state index in [9.17, 15) is 18.4 Å². The van der Waals surface area contributed by atoms with Gasteiger partial charge in [-0.1, -0.05) is 23.7 Å². The summed E-state index contributed by atoms with van der Waals surface area (Å²) in [7, 11) is 0. The molecule has 3 aliphatic rings. The van der Waals surface area contributed by atoms with E-state index in [1.54, 1.807) is 12.1 Å². The predicted molar refractivity (Wildman–Crippen MR) is 102 cm³/mol. The second-order valence-electron chi connectivity index (χ2n) is 7.82. The Bertz CT molecular complexity index is 962. The van der Waals surface area contributed by atoms with Crippen molar-refractivity contribution in [1.82, 2.24) is 10.6 Å². The summed E-state index contributed by atoms with van der Waals surface area (Å²) in [5, 5.41) is 5.73. The van der Waals surface area contributed by atoms with Crippen molar-refractivity contribution in [1.29, 1.82) is 0 Å². The van der Waals surface area contributed by atoms with Crippen LogP contribution in [0.2, 0.25) is 5.02 Å². The molecule has 3 aliphatic carbocycles. The van der Waals surface area contributed by atoms with Crippen molar-refractivity contribution in [2.75, 3.05) is 6.61 Å². The second-order valence-corrected chi connectivity index (χ2v) is 8.22. The van der Waals surface area contributed by atoms with Gasteiger partial charge in [-0.3, -0.25) is 9.59 Å². The first-order valence-electron chi connectivity index (χ1n) is 9.21. The first-order valence-corrected chi connectivity index (χ1v) is 9.59. The molecule has 2 amide bonds. The molecule has 3 saturated carbocycles. The van der Waals surface area contributed by atoms with Gasteiger partial charge in [-0.2, -0.15) is 0 Å². The molecular weight excluding hydrogens is 402 g/mol. The highest BCUT2D eigenvalue weighted by atomic mass is 35.5. The molecule has 0 spiro atoms. The van der Waals surface area contributed by atoms with Crippen LogP contribution in [0, 0.1) is 17.0 Å². The summed E-state index contributed by atoms with van der Waals surface area (Å²) in [6, 6.07) is 10.1. The fourth-order valence-electron chi connectivity index (χ4n) is 4.23. The molecule has 0 unspecified atom stereocenters. The number of hydrogen-bond donors (Lipinski definition) is 2. The third-order valence-corrected chi connectivity index (χ3v) is 5.83. The summed E-state index contributed by atoms with van der Waals surface area (Å²) < 4.78 is 31.9. The van der Waals surface area contributed by atoms with Crippen LogP contribution in [0.1, 0.15) is 24.8 Å². The van der Waals surface area contributed by atoms with E-state index in [2.05, 4.69) is 10.6 Å². The SMILES string of the molecule is O=C(COc1ccc(Cl)c(F)c1)NC12CC(C(=O)NCc3cccc(F)c3)(C1)C2. The fourth-order valence-corrected chi connectivity index (χ4v) is 4.34. The van der Waals surface area contributed by atoms with Gasteiger partial charge in [-0.15, -0.1) is 0 Å². The molecule has 5 rings (SSSR count). The lowest BCUT2D eigenvalue weighted by atomic mass is 9.39. The maximum atomic E-state index is 13.4. The molecule has 8 heteroatoms. The van der Waals surface area contributed by atoms with E-state index in [0.717, 1.165) is 6.07 Å². The molecule has 2 aromatic rings. The van der Waals surface area contributed by atoms with E-state index in [0.29, 0.717) is 24.8 Å². The molecule has 0 radical (unpaired) electrons. The number of rotatable bonds is 7. The Morgan fingerprint density at radius 3 is 2.55 bits per heavy atom.